The largest absolute Gasteiger partial charge is 0.354 e. The molecule has 3 aromatic rings. The van der Waals surface area contributed by atoms with Crippen molar-refractivity contribution in [3.63, 3.8) is 0 Å². The Morgan fingerprint density at radius 2 is 1.58 bits per heavy atom. The molecule has 0 spiro atoms. The van der Waals surface area contributed by atoms with E-state index in [1.807, 2.05) is 44.2 Å². The van der Waals surface area contributed by atoms with Crippen LogP contribution in [0.25, 0.3) is 0 Å². The molecule has 0 unspecified atom stereocenters. The van der Waals surface area contributed by atoms with Crippen molar-refractivity contribution in [1.29, 1.82) is 0 Å². The van der Waals surface area contributed by atoms with E-state index in [1.54, 1.807) is 48.2 Å². The number of halogens is 1. The second kappa shape index (κ2) is 17.4. The molecule has 2 aliphatic rings. The van der Waals surface area contributed by atoms with Crippen LogP contribution in [0.4, 0.5) is 0 Å². The number of hydrogen-bond donors (Lipinski definition) is 4. The van der Waals surface area contributed by atoms with E-state index in [0.29, 0.717) is 42.9 Å². The van der Waals surface area contributed by atoms with Crippen molar-refractivity contribution in [3.05, 3.63) is 100 Å². The number of carbonyl (C=O) groups is 5. The van der Waals surface area contributed by atoms with Crippen LogP contribution in [0.1, 0.15) is 72.0 Å². The lowest BCUT2D eigenvalue weighted by atomic mass is 10.0. The van der Waals surface area contributed by atoms with Gasteiger partial charge >= 0.3 is 0 Å². The van der Waals surface area contributed by atoms with E-state index in [4.69, 9.17) is 11.6 Å². The molecule has 0 radical (unpaired) electrons. The lowest BCUT2D eigenvalue weighted by Gasteiger charge is -2.25. The van der Waals surface area contributed by atoms with Gasteiger partial charge in [-0.25, -0.2) is 4.98 Å². The van der Waals surface area contributed by atoms with E-state index in [-0.39, 0.29) is 36.4 Å². The molecular weight excluding hydrogens is 632 g/mol. The number of amides is 5. The number of nitrogens with one attached hydrogen (secondary N) is 4. The number of aromatic nitrogens is 1. The Bertz CT molecular complexity index is 1570. The molecule has 0 saturated carbocycles. The van der Waals surface area contributed by atoms with Crippen molar-refractivity contribution < 1.29 is 24.0 Å². The van der Waals surface area contributed by atoms with Gasteiger partial charge in [0.2, 0.25) is 17.7 Å². The quantitative estimate of drug-likeness (QED) is 0.304. The normalized spacial score (nSPS) is 20.3. The maximum atomic E-state index is 13.7. The fraction of sp³-hybridized carbons (Fsp3) is 0.389. The third kappa shape index (κ3) is 10.6. The van der Waals surface area contributed by atoms with Gasteiger partial charge < -0.3 is 26.2 Å². The first-order valence-corrected chi connectivity index (χ1v) is 16.6. The van der Waals surface area contributed by atoms with Crippen molar-refractivity contribution in [2.24, 2.45) is 5.92 Å². The second-order valence-corrected chi connectivity index (χ2v) is 12.9. The standard InChI is InChI=1S/C36H43ClN6O5/c1-23(2)19-30-34(46)40-24(3)32(44)38-17-7-8-18-43(36(48)29-16-15-28(37)21-39-29)22-26-11-13-27(14-12-26)33(45)41-31(35(47)42-30)20-25-9-5-4-6-10-25/h4-6,9-16,21,23-24,30-31H,7-8,17-20,22H2,1-3H3,(H,38,44)(H,40,46)(H,41,45)(H,42,47)/t24-,30+,31-/m1/s1. The molecule has 5 rings (SSSR count). The topological polar surface area (TPSA) is 150 Å². The summed E-state index contributed by atoms with van der Waals surface area (Å²) in [5, 5.41) is 11.7. The Morgan fingerprint density at radius 1 is 0.875 bits per heavy atom. The van der Waals surface area contributed by atoms with Crippen molar-refractivity contribution >= 4 is 41.1 Å². The molecule has 3 atom stereocenters. The summed E-state index contributed by atoms with van der Waals surface area (Å²) >= 11 is 5.98. The molecule has 4 N–H and O–H groups in total. The van der Waals surface area contributed by atoms with Crippen LogP contribution < -0.4 is 21.3 Å². The first kappa shape index (κ1) is 36.1. The molecule has 48 heavy (non-hydrogen) atoms. The monoisotopic (exact) mass is 674 g/mol. The second-order valence-electron chi connectivity index (χ2n) is 12.4. The molecule has 3 heterocycles. The minimum Gasteiger partial charge on any atom is -0.354 e. The molecule has 5 amide bonds. The highest BCUT2D eigenvalue weighted by molar-refractivity contribution is 6.30. The Hall–Kier alpha value is -4.77. The lowest BCUT2D eigenvalue weighted by Crippen LogP contribution is -2.57. The summed E-state index contributed by atoms with van der Waals surface area (Å²) in [5.41, 5.74) is 2.20. The van der Waals surface area contributed by atoms with Crippen molar-refractivity contribution in [2.45, 2.75) is 71.1 Å². The highest BCUT2D eigenvalue weighted by Gasteiger charge is 2.29. The fourth-order valence-corrected chi connectivity index (χ4v) is 5.46. The van der Waals surface area contributed by atoms with Crippen LogP contribution in [0.5, 0.6) is 0 Å². The smallest absolute Gasteiger partial charge is 0.272 e. The van der Waals surface area contributed by atoms with Gasteiger partial charge in [0.05, 0.1) is 5.02 Å². The van der Waals surface area contributed by atoms with Gasteiger partial charge in [-0.3, -0.25) is 24.0 Å². The highest BCUT2D eigenvalue weighted by Crippen LogP contribution is 2.15. The first-order valence-electron chi connectivity index (χ1n) is 16.2. The van der Waals surface area contributed by atoms with Crippen LogP contribution in [-0.4, -0.2) is 70.6 Å². The van der Waals surface area contributed by atoms with Gasteiger partial charge in [-0.2, -0.15) is 0 Å². The van der Waals surface area contributed by atoms with Crippen LogP contribution in [0.3, 0.4) is 0 Å². The molecule has 254 valence electrons. The fourth-order valence-electron chi connectivity index (χ4n) is 5.35. The Kier molecular flexibility index (Phi) is 13.1. The number of carbonyl (C=O) groups excluding carboxylic acids is 5. The maximum absolute atomic E-state index is 13.7. The summed E-state index contributed by atoms with van der Waals surface area (Å²) in [4.78, 5) is 72.7. The summed E-state index contributed by atoms with van der Waals surface area (Å²) in [7, 11) is 0. The predicted octanol–water partition coefficient (Wildman–Crippen LogP) is 3.66. The number of rotatable bonds is 5. The third-order valence-electron chi connectivity index (χ3n) is 7.97. The predicted molar refractivity (Wildman–Crippen MR) is 183 cm³/mol. The molecular formula is C36H43ClN6O5. The van der Waals surface area contributed by atoms with E-state index < -0.39 is 35.8 Å². The molecule has 0 saturated heterocycles. The van der Waals surface area contributed by atoms with Gasteiger partial charge in [-0.15, -0.1) is 0 Å². The van der Waals surface area contributed by atoms with Crippen LogP contribution in [-0.2, 0) is 27.3 Å². The maximum Gasteiger partial charge on any atom is 0.272 e. The first-order chi connectivity index (χ1) is 23.0. The summed E-state index contributed by atoms with van der Waals surface area (Å²) < 4.78 is 0. The average molecular weight is 675 g/mol. The molecule has 11 nitrogen and oxygen atoms in total. The Labute approximate surface area is 286 Å². The summed E-state index contributed by atoms with van der Waals surface area (Å²) in [6.45, 7) is 6.44. The van der Waals surface area contributed by atoms with E-state index in [0.717, 1.165) is 11.1 Å². The van der Waals surface area contributed by atoms with Crippen molar-refractivity contribution in [3.8, 4) is 0 Å². The van der Waals surface area contributed by atoms with E-state index >= 15 is 0 Å². The van der Waals surface area contributed by atoms with E-state index in [9.17, 15) is 24.0 Å². The Morgan fingerprint density at radius 3 is 2.25 bits per heavy atom. The molecule has 2 aromatic carbocycles. The zero-order valence-electron chi connectivity index (χ0n) is 27.5. The molecule has 12 heteroatoms. The summed E-state index contributed by atoms with van der Waals surface area (Å²) in [5.74, 6) is -2.05. The number of hydrogen-bond acceptors (Lipinski definition) is 6. The van der Waals surface area contributed by atoms with E-state index in [2.05, 4.69) is 26.3 Å². The average Bonchev–Trinajstić information content (AvgIpc) is 3.07. The van der Waals surface area contributed by atoms with Gasteiger partial charge in [0.1, 0.15) is 23.8 Å². The Balaban J connectivity index is 1.62. The van der Waals surface area contributed by atoms with Crippen LogP contribution >= 0.6 is 11.6 Å². The minimum absolute atomic E-state index is 0.0576. The van der Waals surface area contributed by atoms with Crippen LogP contribution in [0.2, 0.25) is 5.02 Å². The zero-order chi connectivity index (χ0) is 34.6. The number of nitrogens with zero attached hydrogens (tertiary/aromatic N) is 2. The molecule has 0 aliphatic carbocycles. The molecule has 0 fully saturated rings. The number of fused-ring (bicyclic) bond motifs is 18. The van der Waals surface area contributed by atoms with Crippen molar-refractivity contribution in [2.75, 3.05) is 13.1 Å². The summed E-state index contributed by atoms with van der Waals surface area (Å²) in [6.07, 6.45) is 3.12. The third-order valence-corrected chi connectivity index (χ3v) is 8.20. The highest BCUT2D eigenvalue weighted by atomic mass is 35.5. The molecule has 1 aromatic heterocycles. The zero-order valence-corrected chi connectivity index (χ0v) is 28.3. The number of pyridine rings is 1. The van der Waals surface area contributed by atoms with Gasteiger partial charge in [-0.05, 0) is 67.5 Å². The minimum atomic E-state index is -0.989. The van der Waals surface area contributed by atoms with Gasteiger partial charge in [0.15, 0.2) is 0 Å². The van der Waals surface area contributed by atoms with Crippen molar-refractivity contribution in [1.82, 2.24) is 31.2 Å². The summed E-state index contributed by atoms with van der Waals surface area (Å²) in [6, 6.07) is 16.5. The molecule has 2 aliphatic heterocycles. The SMILES string of the molecule is CC(C)C[C@@H]1NC(=O)[C@@H](Cc2ccccc2)NC(=O)c2ccc(cc2)CN(C(=O)c2ccc(Cl)cn2)CCCCNC(=O)[C@@H](C)NC1=O. The number of benzene rings is 2. The van der Waals surface area contributed by atoms with E-state index in [1.165, 1.54) is 6.20 Å². The van der Waals surface area contributed by atoms with Crippen LogP contribution in [0.15, 0.2) is 72.9 Å². The lowest BCUT2D eigenvalue weighted by molar-refractivity contribution is -0.132. The van der Waals surface area contributed by atoms with Gasteiger partial charge in [0.25, 0.3) is 11.8 Å². The van der Waals surface area contributed by atoms with Gasteiger partial charge in [0, 0.05) is 37.8 Å². The van der Waals surface area contributed by atoms with Gasteiger partial charge in [-0.1, -0.05) is 67.9 Å². The molecule has 2 bridgehead atoms. The van der Waals surface area contributed by atoms with Crippen LogP contribution in [0, 0.1) is 5.92 Å².